The van der Waals surface area contributed by atoms with Crippen LogP contribution in [0.2, 0.25) is 0 Å². The monoisotopic (exact) mass is 297 g/mol. The zero-order chi connectivity index (χ0) is 14.7. The van der Waals surface area contributed by atoms with Gasteiger partial charge < -0.3 is 15.4 Å². The minimum absolute atomic E-state index is 0.0311. The highest BCUT2D eigenvalue weighted by Crippen LogP contribution is 2.25. The van der Waals surface area contributed by atoms with Crippen molar-refractivity contribution in [2.45, 2.75) is 26.3 Å². The predicted octanol–water partition coefficient (Wildman–Crippen LogP) is 0.823. The molecule has 0 bridgehead atoms. The first-order chi connectivity index (χ1) is 9.51. The SMILES string of the molecule is CCOC(=O)c1nc(NC2CNC(=O)C2)sc1C(C)=O. The Labute approximate surface area is 119 Å². The van der Waals surface area contributed by atoms with Crippen molar-refractivity contribution in [1.29, 1.82) is 0 Å². The quantitative estimate of drug-likeness (QED) is 0.617. The van der Waals surface area contributed by atoms with E-state index >= 15 is 0 Å². The number of ketones is 1. The highest BCUT2D eigenvalue weighted by molar-refractivity contribution is 7.17. The third kappa shape index (κ3) is 3.13. The largest absolute Gasteiger partial charge is 0.461 e. The number of rotatable bonds is 5. The Hall–Kier alpha value is -1.96. The topological polar surface area (TPSA) is 97.4 Å². The molecule has 1 atom stereocenters. The van der Waals surface area contributed by atoms with E-state index in [2.05, 4.69) is 15.6 Å². The molecule has 0 aromatic carbocycles. The molecule has 20 heavy (non-hydrogen) atoms. The Balaban J connectivity index is 2.18. The fourth-order valence-corrected chi connectivity index (χ4v) is 2.77. The summed E-state index contributed by atoms with van der Waals surface area (Å²) >= 11 is 1.10. The number of ether oxygens (including phenoxy) is 1. The summed E-state index contributed by atoms with van der Waals surface area (Å²) in [5.41, 5.74) is 0.0316. The molecule has 2 N–H and O–H groups in total. The maximum atomic E-state index is 11.7. The van der Waals surface area contributed by atoms with Crippen molar-refractivity contribution in [3.8, 4) is 0 Å². The first kappa shape index (κ1) is 14.4. The van der Waals surface area contributed by atoms with Gasteiger partial charge in [0.25, 0.3) is 0 Å². The summed E-state index contributed by atoms with van der Waals surface area (Å²) in [5.74, 6) is -0.877. The van der Waals surface area contributed by atoms with Gasteiger partial charge in [-0.3, -0.25) is 9.59 Å². The van der Waals surface area contributed by atoms with E-state index in [1.54, 1.807) is 6.92 Å². The van der Waals surface area contributed by atoms with Gasteiger partial charge in [-0.15, -0.1) is 0 Å². The van der Waals surface area contributed by atoms with Crippen LogP contribution in [0.25, 0.3) is 0 Å². The van der Waals surface area contributed by atoms with Crippen LogP contribution in [0.3, 0.4) is 0 Å². The van der Waals surface area contributed by atoms with Gasteiger partial charge in [-0.1, -0.05) is 11.3 Å². The Morgan fingerprint density at radius 2 is 2.30 bits per heavy atom. The normalized spacial score (nSPS) is 17.7. The standard InChI is InChI=1S/C12H15N3O4S/c1-3-19-11(18)9-10(6(2)16)20-12(15-9)14-7-4-8(17)13-5-7/h7H,3-5H2,1-2H3,(H,13,17)(H,14,15). The van der Waals surface area contributed by atoms with Gasteiger partial charge >= 0.3 is 5.97 Å². The van der Waals surface area contributed by atoms with Crippen molar-refractivity contribution in [2.24, 2.45) is 0 Å². The molecule has 1 aliphatic heterocycles. The Morgan fingerprint density at radius 3 is 2.85 bits per heavy atom. The molecule has 1 amide bonds. The van der Waals surface area contributed by atoms with Crippen LogP contribution in [-0.4, -0.2) is 41.8 Å². The Bertz CT molecular complexity index is 555. The fraction of sp³-hybridized carbons (Fsp3) is 0.500. The number of esters is 1. The molecule has 2 rings (SSSR count). The van der Waals surface area contributed by atoms with Crippen LogP contribution in [0.15, 0.2) is 0 Å². The molecular formula is C12H15N3O4S. The van der Waals surface area contributed by atoms with Gasteiger partial charge in [0.2, 0.25) is 5.91 Å². The first-order valence-electron chi connectivity index (χ1n) is 6.23. The average molecular weight is 297 g/mol. The highest BCUT2D eigenvalue weighted by Gasteiger charge is 2.26. The maximum absolute atomic E-state index is 11.7. The number of hydrogen-bond acceptors (Lipinski definition) is 7. The van der Waals surface area contributed by atoms with Crippen molar-refractivity contribution >= 4 is 34.1 Å². The van der Waals surface area contributed by atoms with Crippen LogP contribution in [0.4, 0.5) is 5.13 Å². The molecule has 1 saturated heterocycles. The van der Waals surface area contributed by atoms with Crippen LogP contribution in [-0.2, 0) is 9.53 Å². The van der Waals surface area contributed by atoms with Crippen LogP contribution >= 0.6 is 11.3 Å². The van der Waals surface area contributed by atoms with Crippen molar-refractivity contribution in [3.63, 3.8) is 0 Å². The molecule has 0 radical (unpaired) electrons. The number of hydrogen-bond donors (Lipinski definition) is 2. The van der Waals surface area contributed by atoms with E-state index in [1.165, 1.54) is 6.92 Å². The summed E-state index contributed by atoms with van der Waals surface area (Å²) in [4.78, 5) is 38.8. The zero-order valence-corrected chi connectivity index (χ0v) is 12.0. The molecular weight excluding hydrogens is 282 g/mol. The van der Waals surface area contributed by atoms with Crippen molar-refractivity contribution in [1.82, 2.24) is 10.3 Å². The van der Waals surface area contributed by atoms with Crippen LogP contribution < -0.4 is 10.6 Å². The summed E-state index contributed by atoms with van der Waals surface area (Å²) in [6, 6.07) is -0.0801. The number of carbonyl (C=O) groups excluding carboxylic acids is 3. The summed E-state index contributed by atoms with van der Waals surface area (Å²) in [5, 5.41) is 6.19. The summed E-state index contributed by atoms with van der Waals surface area (Å²) in [6.45, 7) is 3.79. The van der Waals surface area contributed by atoms with Gasteiger partial charge in [0, 0.05) is 19.9 Å². The van der Waals surface area contributed by atoms with Gasteiger partial charge in [-0.05, 0) is 6.92 Å². The van der Waals surface area contributed by atoms with Crippen molar-refractivity contribution in [2.75, 3.05) is 18.5 Å². The Kier molecular flexibility index (Phi) is 4.33. The highest BCUT2D eigenvalue weighted by atomic mass is 32.1. The second-order valence-corrected chi connectivity index (χ2v) is 5.32. The van der Waals surface area contributed by atoms with E-state index in [4.69, 9.17) is 4.74 Å². The molecule has 0 saturated carbocycles. The Morgan fingerprint density at radius 1 is 1.55 bits per heavy atom. The van der Waals surface area contributed by atoms with Crippen LogP contribution in [0.5, 0.6) is 0 Å². The lowest BCUT2D eigenvalue weighted by molar-refractivity contribution is -0.119. The molecule has 0 spiro atoms. The molecule has 1 unspecified atom stereocenters. The summed E-state index contributed by atoms with van der Waals surface area (Å²) in [7, 11) is 0. The summed E-state index contributed by atoms with van der Waals surface area (Å²) < 4.78 is 4.88. The number of nitrogens with one attached hydrogen (secondary N) is 2. The van der Waals surface area contributed by atoms with Gasteiger partial charge in [0.05, 0.1) is 12.6 Å². The van der Waals surface area contributed by atoms with E-state index in [0.717, 1.165) is 11.3 Å². The number of aromatic nitrogens is 1. The van der Waals surface area contributed by atoms with Gasteiger partial charge in [-0.25, -0.2) is 9.78 Å². The minimum atomic E-state index is -0.609. The average Bonchev–Trinajstić information content (AvgIpc) is 2.97. The van der Waals surface area contributed by atoms with Gasteiger partial charge in [-0.2, -0.15) is 0 Å². The van der Waals surface area contributed by atoms with Gasteiger partial charge in [0.15, 0.2) is 16.6 Å². The number of nitrogens with zero attached hydrogens (tertiary/aromatic N) is 1. The molecule has 1 aromatic heterocycles. The zero-order valence-electron chi connectivity index (χ0n) is 11.2. The summed E-state index contributed by atoms with van der Waals surface area (Å²) in [6.07, 6.45) is 0.351. The number of Topliss-reactive ketones (excluding diaryl/α,β-unsaturated/α-hetero) is 1. The van der Waals surface area contributed by atoms with Crippen molar-refractivity contribution in [3.05, 3.63) is 10.6 Å². The maximum Gasteiger partial charge on any atom is 0.358 e. The third-order valence-electron chi connectivity index (χ3n) is 2.72. The molecule has 8 heteroatoms. The molecule has 7 nitrogen and oxygen atoms in total. The van der Waals surface area contributed by atoms with E-state index in [1.807, 2.05) is 0 Å². The molecule has 108 valence electrons. The first-order valence-corrected chi connectivity index (χ1v) is 7.05. The van der Waals surface area contributed by atoms with Crippen LogP contribution in [0.1, 0.15) is 40.4 Å². The molecule has 2 heterocycles. The molecule has 0 aliphatic carbocycles. The number of thiazole rings is 1. The number of anilines is 1. The second kappa shape index (κ2) is 6.00. The molecule has 1 aliphatic rings. The lowest BCUT2D eigenvalue weighted by Gasteiger charge is -2.07. The third-order valence-corrected chi connectivity index (χ3v) is 3.81. The number of amides is 1. The lowest BCUT2D eigenvalue weighted by Crippen LogP contribution is -2.22. The molecule has 1 aromatic rings. The van der Waals surface area contributed by atoms with Crippen LogP contribution in [0, 0.1) is 0 Å². The van der Waals surface area contributed by atoms with E-state index in [0.29, 0.717) is 18.1 Å². The fourth-order valence-electron chi connectivity index (χ4n) is 1.84. The number of carbonyl (C=O) groups is 3. The molecule has 1 fully saturated rings. The minimum Gasteiger partial charge on any atom is -0.461 e. The lowest BCUT2D eigenvalue weighted by atomic mass is 10.3. The predicted molar refractivity (Wildman–Crippen MR) is 73.1 cm³/mol. The van der Waals surface area contributed by atoms with E-state index in [-0.39, 0.29) is 34.9 Å². The second-order valence-electron chi connectivity index (χ2n) is 4.32. The van der Waals surface area contributed by atoms with Gasteiger partial charge in [0.1, 0.15) is 4.88 Å². The smallest absolute Gasteiger partial charge is 0.358 e. The van der Waals surface area contributed by atoms with E-state index < -0.39 is 5.97 Å². The van der Waals surface area contributed by atoms with Crippen molar-refractivity contribution < 1.29 is 19.1 Å². The van der Waals surface area contributed by atoms with E-state index in [9.17, 15) is 14.4 Å².